The highest BCUT2D eigenvalue weighted by Gasteiger charge is 2.08. The number of fused-ring (bicyclic) bond motifs is 1. The van der Waals surface area contributed by atoms with Crippen molar-refractivity contribution in [2.24, 2.45) is 0 Å². The number of nitrogens with one attached hydrogen (secondary N) is 1. The van der Waals surface area contributed by atoms with E-state index < -0.39 is 0 Å². The summed E-state index contributed by atoms with van der Waals surface area (Å²) in [7, 11) is 1.64. The molecular weight excluding hydrogens is 194 g/mol. The van der Waals surface area contributed by atoms with Gasteiger partial charge in [0.05, 0.1) is 13.2 Å². The van der Waals surface area contributed by atoms with Crippen molar-refractivity contribution in [2.45, 2.75) is 13.0 Å². The van der Waals surface area contributed by atoms with Crippen molar-refractivity contribution in [1.29, 1.82) is 0 Å². The fourth-order valence-corrected chi connectivity index (χ4v) is 2.51. The molecule has 2 aromatic rings. The van der Waals surface area contributed by atoms with Crippen molar-refractivity contribution in [3.8, 4) is 0 Å². The molecule has 14 heavy (non-hydrogen) atoms. The molecule has 0 saturated carbocycles. The molecular formula is C11H13NOS. The summed E-state index contributed by atoms with van der Waals surface area (Å²) in [5, 5.41) is 1.30. The summed E-state index contributed by atoms with van der Waals surface area (Å²) >= 11 is 1.80. The Morgan fingerprint density at radius 3 is 2.86 bits per heavy atom. The van der Waals surface area contributed by atoms with Crippen molar-refractivity contribution in [3.05, 3.63) is 35.2 Å². The molecule has 0 amide bonds. The molecule has 0 bridgehead atoms. The molecule has 0 aliphatic rings. The van der Waals surface area contributed by atoms with Gasteiger partial charge in [-0.05, 0) is 24.4 Å². The maximum atomic E-state index is 4.91. The molecule has 74 valence electrons. The largest absolute Gasteiger partial charge is 0.305 e. The summed E-state index contributed by atoms with van der Waals surface area (Å²) in [5.41, 5.74) is 2.93. The van der Waals surface area contributed by atoms with E-state index >= 15 is 0 Å². The third-order valence-electron chi connectivity index (χ3n) is 2.17. The maximum Gasteiger partial charge on any atom is 0.0636 e. The summed E-state index contributed by atoms with van der Waals surface area (Å²) in [6, 6.07) is 10.9. The van der Waals surface area contributed by atoms with Crippen molar-refractivity contribution < 1.29 is 4.84 Å². The highest BCUT2D eigenvalue weighted by atomic mass is 32.1. The molecule has 0 fully saturated rings. The lowest BCUT2D eigenvalue weighted by atomic mass is 10.2. The van der Waals surface area contributed by atoms with E-state index in [1.54, 1.807) is 18.4 Å². The van der Waals surface area contributed by atoms with E-state index in [0.29, 0.717) is 0 Å². The molecule has 0 aliphatic heterocycles. The van der Waals surface area contributed by atoms with Crippen LogP contribution >= 0.6 is 11.3 Å². The Kier molecular flexibility index (Phi) is 2.82. The van der Waals surface area contributed by atoms with Gasteiger partial charge in [0.15, 0.2) is 0 Å². The number of hydrogen-bond donors (Lipinski definition) is 1. The van der Waals surface area contributed by atoms with Crippen molar-refractivity contribution in [3.63, 3.8) is 0 Å². The van der Waals surface area contributed by atoms with Crippen LogP contribution in [0, 0.1) is 0 Å². The molecule has 1 aromatic carbocycles. The first-order valence-electron chi connectivity index (χ1n) is 4.58. The molecule has 0 aliphatic carbocycles. The van der Waals surface area contributed by atoms with Gasteiger partial charge in [0.25, 0.3) is 0 Å². The topological polar surface area (TPSA) is 21.3 Å². The van der Waals surface area contributed by atoms with Gasteiger partial charge in [-0.25, -0.2) is 0 Å². The number of hydrogen-bond acceptors (Lipinski definition) is 3. The average Bonchev–Trinajstić information content (AvgIpc) is 2.61. The summed E-state index contributed by atoms with van der Waals surface area (Å²) in [6.07, 6.45) is 0. The second kappa shape index (κ2) is 4.09. The highest BCUT2D eigenvalue weighted by molar-refractivity contribution is 7.19. The third kappa shape index (κ3) is 1.80. The summed E-state index contributed by atoms with van der Waals surface area (Å²) < 4.78 is 1.33. The van der Waals surface area contributed by atoms with Gasteiger partial charge < -0.3 is 4.84 Å². The van der Waals surface area contributed by atoms with Crippen LogP contribution in [0.3, 0.4) is 0 Å². The van der Waals surface area contributed by atoms with Gasteiger partial charge in [-0.15, -0.1) is 11.3 Å². The fraction of sp³-hybridized carbons (Fsp3) is 0.273. The smallest absolute Gasteiger partial charge is 0.0636 e. The van der Waals surface area contributed by atoms with E-state index in [-0.39, 0.29) is 6.04 Å². The minimum Gasteiger partial charge on any atom is -0.305 e. The first-order valence-corrected chi connectivity index (χ1v) is 5.40. The second-order valence-corrected chi connectivity index (χ2v) is 4.35. The molecule has 1 unspecified atom stereocenters. The molecule has 0 spiro atoms. The van der Waals surface area contributed by atoms with E-state index in [2.05, 4.69) is 42.7 Å². The lowest BCUT2D eigenvalue weighted by molar-refractivity contribution is 0.0668. The Bertz CT molecular complexity index is 391. The molecule has 3 heteroatoms. The summed E-state index contributed by atoms with van der Waals surface area (Å²) in [4.78, 5) is 6.21. The standard InChI is InChI=1S/C11H13NOS/c1-8(12-13-2)11-7-9-5-3-4-6-10(9)14-11/h3-8,12H,1-2H3. The fourth-order valence-electron chi connectivity index (χ4n) is 1.45. The normalized spacial score (nSPS) is 13.3. The highest BCUT2D eigenvalue weighted by Crippen LogP contribution is 2.29. The van der Waals surface area contributed by atoms with Crippen LogP contribution in [0.1, 0.15) is 17.8 Å². The summed E-state index contributed by atoms with van der Waals surface area (Å²) in [5.74, 6) is 0. The average molecular weight is 207 g/mol. The van der Waals surface area contributed by atoms with E-state index in [4.69, 9.17) is 4.84 Å². The van der Waals surface area contributed by atoms with Crippen LogP contribution in [-0.4, -0.2) is 7.11 Å². The van der Waals surface area contributed by atoms with Crippen LogP contribution in [0.2, 0.25) is 0 Å². The van der Waals surface area contributed by atoms with Crippen LogP contribution in [0.5, 0.6) is 0 Å². The van der Waals surface area contributed by atoms with Gasteiger partial charge in [0.1, 0.15) is 0 Å². The molecule has 1 atom stereocenters. The van der Waals surface area contributed by atoms with Gasteiger partial charge in [-0.1, -0.05) is 18.2 Å². The quantitative estimate of drug-likeness (QED) is 0.781. The molecule has 0 saturated heterocycles. The number of hydroxylamine groups is 1. The van der Waals surface area contributed by atoms with Crippen LogP contribution in [0.15, 0.2) is 30.3 Å². The monoisotopic (exact) mass is 207 g/mol. The lowest BCUT2D eigenvalue weighted by Crippen LogP contribution is -2.15. The SMILES string of the molecule is CONC(C)c1cc2ccccc2s1. The van der Waals surface area contributed by atoms with Gasteiger partial charge in [0, 0.05) is 9.58 Å². The molecule has 1 N–H and O–H groups in total. The first-order chi connectivity index (χ1) is 6.81. The third-order valence-corrected chi connectivity index (χ3v) is 3.46. The minimum atomic E-state index is 0.248. The number of rotatable bonds is 3. The van der Waals surface area contributed by atoms with Crippen LogP contribution in [-0.2, 0) is 4.84 Å². The van der Waals surface area contributed by atoms with Crippen LogP contribution < -0.4 is 5.48 Å². The Morgan fingerprint density at radius 2 is 2.14 bits per heavy atom. The predicted molar refractivity (Wildman–Crippen MR) is 60.4 cm³/mol. The van der Waals surface area contributed by atoms with Gasteiger partial charge >= 0.3 is 0 Å². The van der Waals surface area contributed by atoms with Crippen molar-refractivity contribution >= 4 is 21.4 Å². The Morgan fingerprint density at radius 1 is 1.36 bits per heavy atom. The van der Waals surface area contributed by atoms with E-state index in [1.165, 1.54) is 15.0 Å². The Hall–Kier alpha value is -0.900. The van der Waals surface area contributed by atoms with Crippen LogP contribution in [0.25, 0.3) is 10.1 Å². The molecule has 2 rings (SSSR count). The molecule has 2 nitrogen and oxygen atoms in total. The predicted octanol–water partition coefficient (Wildman–Crippen LogP) is 3.11. The minimum absolute atomic E-state index is 0.248. The zero-order valence-electron chi connectivity index (χ0n) is 8.28. The van der Waals surface area contributed by atoms with Gasteiger partial charge in [0.2, 0.25) is 0 Å². The summed E-state index contributed by atoms with van der Waals surface area (Å²) in [6.45, 7) is 2.09. The van der Waals surface area contributed by atoms with Crippen molar-refractivity contribution in [2.75, 3.05) is 7.11 Å². The van der Waals surface area contributed by atoms with E-state index in [9.17, 15) is 0 Å². The number of thiophene rings is 1. The maximum absolute atomic E-state index is 4.91. The lowest BCUT2D eigenvalue weighted by Gasteiger charge is -2.08. The Balaban J connectivity index is 2.35. The van der Waals surface area contributed by atoms with Gasteiger partial charge in [-0.3, -0.25) is 0 Å². The first kappa shape index (κ1) is 9.65. The zero-order valence-corrected chi connectivity index (χ0v) is 9.10. The van der Waals surface area contributed by atoms with Gasteiger partial charge in [-0.2, -0.15) is 5.48 Å². The molecule has 1 aromatic heterocycles. The number of benzene rings is 1. The van der Waals surface area contributed by atoms with Crippen LogP contribution in [0.4, 0.5) is 0 Å². The second-order valence-electron chi connectivity index (χ2n) is 3.23. The molecule has 0 radical (unpaired) electrons. The Labute approximate surface area is 87.5 Å². The zero-order chi connectivity index (χ0) is 9.97. The van der Waals surface area contributed by atoms with E-state index in [0.717, 1.165) is 0 Å². The van der Waals surface area contributed by atoms with Crippen molar-refractivity contribution in [1.82, 2.24) is 5.48 Å². The van der Waals surface area contributed by atoms with E-state index in [1.807, 2.05) is 0 Å². The molecule has 1 heterocycles.